The zero-order valence-corrected chi connectivity index (χ0v) is 16.5. The van der Waals surface area contributed by atoms with Gasteiger partial charge in [0.2, 0.25) is 0 Å². The molecular weight excluding hydrogens is 363 g/mol. The van der Waals surface area contributed by atoms with Crippen molar-refractivity contribution < 1.29 is 23.5 Å². The maximum atomic E-state index is 14.6. The van der Waals surface area contributed by atoms with Gasteiger partial charge in [0.25, 0.3) is 11.8 Å². The highest BCUT2D eigenvalue weighted by Gasteiger charge is 2.35. The summed E-state index contributed by atoms with van der Waals surface area (Å²) in [5.74, 6) is -1.06. The quantitative estimate of drug-likeness (QED) is 0.736. The Morgan fingerprint density at radius 2 is 1.61 bits per heavy atom. The first-order chi connectivity index (χ1) is 13.2. The molecule has 0 bridgehead atoms. The van der Waals surface area contributed by atoms with Crippen LogP contribution >= 0.6 is 0 Å². The highest BCUT2D eigenvalue weighted by Crippen LogP contribution is 2.27. The van der Waals surface area contributed by atoms with Crippen LogP contribution in [0.15, 0.2) is 35.7 Å². The second-order valence-corrected chi connectivity index (χ2v) is 8.03. The summed E-state index contributed by atoms with van der Waals surface area (Å²) in [5.41, 5.74) is 0.805. The van der Waals surface area contributed by atoms with E-state index in [4.69, 9.17) is 4.74 Å². The minimum absolute atomic E-state index is 0.00671. The number of carbonyl (C=O) groups is 3. The maximum absolute atomic E-state index is 14.6. The Kier molecular flexibility index (Phi) is 5.54. The zero-order valence-electron chi connectivity index (χ0n) is 16.5. The minimum Gasteiger partial charge on any atom is -0.444 e. The van der Waals surface area contributed by atoms with Crippen molar-refractivity contribution in [3.63, 3.8) is 0 Å². The van der Waals surface area contributed by atoms with Crippen LogP contribution in [0.25, 0.3) is 0 Å². The normalized spacial score (nSPS) is 17.1. The van der Waals surface area contributed by atoms with Crippen LogP contribution in [0.5, 0.6) is 0 Å². The van der Waals surface area contributed by atoms with Crippen LogP contribution in [0.4, 0.5) is 9.18 Å². The lowest BCUT2D eigenvalue weighted by Crippen LogP contribution is -2.40. The van der Waals surface area contributed by atoms with Crippen molar-refractivity contribution in [3.8, 4) is 0 Å². The lowest BCUT2D eigenvalue weighted by molar-refractivity contribution is 0.0234. The summed E-state index contributed by atoms with van der Waals surface area (Å²) in [4.78, 5) is 39.4. The SMILES string of the molecule is CC(C)(C)OC(=O)N1CCC(=C(F)CCN2C(=O)c3ccccc3C2=O)CC1. The second-order valence-electron chi connectivity index (χ2n) is 8.03. The van der Waals surface area contributed by atoms with Crippen molar-refractivity contribution in [1.29, 1.82) is 0 Å². The number of ether oxygens (including phenoxy) is 1. The summed E-state index contributed by atoms with van der Waals surface area (Å²) >= 11 is 0. The summed E-state index contributed by atoms with van der Waals surface area (Å²) in [6, 6.07) is 6.62. The third-order valence-electron chi connectivity index (χ3n) is 4.84. The number of amides is 3. The van der Waals surface area contributed by atoms with E-state index < -0.39 is 11.7 Å². The topological polar surface area (TPSA) is 66.9 Å². The summed E-state index contributed by atoms with van der Waals surface area (Å²) in [6.07, 6.45) is 0.450. The van der Waals surface area contributed by atoms with E-state index in [9.17, 15) is 18.8 Å². The van der Waals surface area contributed by atoms with Gasteiger partial charge in [-0.2, -0.15) is 0 Å². The Morgan fingerprint density at radius 1 is 1.07 bits per heavy atom. The van der Waals surface area contributed by atoms with Crippen LogP contribution in [0.1, 0.15) is 60.7 Å². The Bertz CT molecular complexity index is 796. The van der Waals surface area contributed by atoms with Gasteiger partial charge < -0.3 is 9.64 Å². The number of hydrogen-bond donors (Lipinski definition) is 0. The zero-order chi connectivity index (χ0) is 20.5. The van der Waals surface area contributed by atoms with Crippen LogP contribution in [0.3, 0.4) is 0 Å². The van der Waals surface area contributed by atoms with Crippen molar-refractivity contribution in [3.05, 3.63) is 46.8 Å². The number of hydrogen-bond acceptors (Lipinski definition) is 4. The van der Waals surface area contributed by atoms with Gasteiger partial charge in [0.1, 0.15) is 11.4 Å². The minimum atomic E-state index is -0.565. The number of halogens is 1. The molecule has 0 aliphatic carbocycles. The first kappa shape index (κ1) is 20.0. The van der Waals surface area contributed by atoms with Crippen molar-refractivity contribution in [2.24, 2.45) is 0 Å². The van der Waals surface area contributed by atoms with E-state index in [1.54, 1.807) is 49.9 Å². The van der Waals surface area contributed by atoms with Gasteiger partial charge in [0, 0.05) is 26.1 Å². The molecule has 6 nitrogen and oxygen atoms in total. The fraction of sp³-hybridized carbons (Fsp3) is 0.476. The Morgan fingerprint density at radius 3 is 2.11 bits per heavy atom. The Labute approximate surface area is 163 Å². The number of fused-ring (bicyclic) bond motifs is 1. The molecule has 0 atom stereocenters. The Balaban J connectivity index is 1.55. The van der Waals surface area contributed by atoms with Gasteiger partial charge in [-0.25, -0.2) is 9.18 Å². The van der Waals surface area contributed by atoms with Crippen LogP contribution < -0.4 is 0 Å². The highest BCUT2D eigenvalue weighted by molar-refractivity contribution is 6.21. The van der Waals surface area contributed by atoms with Gasteiger partial charge in [-0.3, -0.25) is 14.5 Å². The number of likely N-dealkylation sites (tertiary alicyclic amines) is 1. The number of imide groups is 1. The number of benzene rings is 1. The average Bonchev–Trinajstić information content (AvgIpc) is 2.89. The van der Waals surface area contributed by atoms with Gasteiger partial charge in [0.05, 0.1) is 11.1 Å². The monoisotopic (exact) mass is 388 g/mol. The fourth-order valence-corrected chi connectivity index (χ4v) is 3.39. The molecule has 0 spiro atoms. The van der Waals surface area contributed by atoms with Crippen molar-refractivity contribution >= 4 is 17.9 Å². The lowest BCUT2D eigenvalue weighted by Gasteiger charge is -2.31. The van der Waals surface area contributed by atoms with E-state index >= 15 is 0 Å². The first-order valence-corrected chi connectivity index (χ1v) is 9.47. The fourth-order valence-electron chi connectivity index (χ4n) is 3.39. The van der Waals surface area contributed by atoms with Gasteiger partial charge in [-0.05, 0) is 51.3 Å². The van der Waals surface area contributed by atoms with Gasteiger partial charge in [0.15, 0.2) is 0 Å². The molecule has 1 fully saturated rings. The molecule has 28 heavy (non-hydrogen) atoms. The third kappa shape index (κ3) is 4.24. The molecule has 0 aromatic heterocycles. The molecule has 0 unspecified atom stereocenters. The van der Waals surface area contributed by atoms with Gasteiger partial charge in [-0.1, -0.05) is 12.1 Å². The van der Waals surface area contributed by atoms with E-state index in [2.05, 4.69) is 0 Å². The van der Waals surface area contributed by atoms with Gasteiger partial charge in [-0.15, -0.1) is 0 Å². The molecule has 0 radical (unpaired) electrons. The molecule has 1 aromatic carbocycles. The predicted octanol–water partition coefficient (Wildman–Crippen LogP) is 3.93. The predicted molar refractivity (Wildman–Crippen MR) is 102 cm³/mol. The van der Waals surface area contributed by atoms with Gasteiger partial charge >= 0.3 is 6.09 Å². The van der Waals surface area contributed by atoms with E-state index in [1.165, 1.54) is 0 Å². The summed E-state index contributed by atoms with van der Waals surface area (Å²) in [6.45, 7) is 6.21. The van der Waals surface area contributed by atoms with Crippen molar-refractivity contribution in [1.82, 2.24) is 9.80 Å². The molecule has 3 amide bonds. The lowest BCUT2D eigenvalue weighted by atomic mass is 10.0. The number of rotatable bonds is 3. The molecule has 2 heterocycles. The molecule has 150 valence electrons. The smallest absolute Gasteiger partial charge is 0.410 e. The number of nitrogens with zero attached hydrogens (tertiary/aromatic N) is 2. The summed E-state index contributed by atoms with van der Waals surface area (Å²) < 4.78 is 20.0. The summed E-state index contributed by atoms with van der Waals surface area (Å²) in [5, 5.41) is 0. The molecule has 2 aliphatic heterocycles. The number of carbonyl (C=O) groups excluding carboxylic acids is 3. The molecule has 7 heteroatoms. The average molecular weight is 388 g/mol. The van der Waals surface area contributed by atoms with Crippen molar-refractivity contribution in [2.45, 2.75) is 45.6 Å². The third-order valence-corrected chi connectivity index (χ3v) is 4.84. The molecule has 1 aromatic rings. The maximum Gasteiger partial charge on any atom is 0.410 e. The molecule has 0 N–H and O–H groups in total. The molecule has 3 rings (SSSR count). The van der Waals surface area contributed by atoms with E-state index in [0.717, 1.165) is 4.90 Å². The van der Waals surface area contributed by atoms with Crippen LogP contribution in [-0.2, 0) is 4.74 Å². The molecular formula is C21H25FN2O4. The van der Waals surface area contributed by atoms with Crippen LogP contribution in [-0.4, -0.2) is 52.9 Å². The van der Waals surface area contributed by atoms with Crippen molar-refractivity contribution in [2.75, 3.05) is 19.6 Å². The van der Waals surface area contributed by atoms with E-state index in [-0.39, 0.29) is 30.6 Å². The largest absolute Gasteiger partial charge is 0.444 e. The van der Waals surface area contributed by atoms with Crippen LogP contribution in [0.2, 0.25) is 0 Å². The molecule has 1 saturated heterocycles. The molecule has 2 aliphatic rings. The second kappa shape index (κ2) is 7.73. The first-order valence-electron chi connectivity index (χ1n) is 9.47. The van der Waals surface area contributed by atoms with E-state index in [0.29, 0.717) is 42.6 Å². The summed E-state index contributed by atoms with van der Waals surface area (Å²) in [7, 11) is 0. The molecule has 0 saturated carbocycles. The van der Waals surface area contributed by atoms with E-state index in [1.807, 2.05) is 0 Å². The Hall–Kier alpha value is -2.70. The van der Waals surface area contributed by atoms with Crippen LogP contribution in [0, 0.1) is 0 Å². The standard InChI is InChI=1S/C21H25FN2O4/c1-21(2,3)28-20(27)23-11-8-14(9-12-23)17(22)10-13-24-18(25)15-6-4-5-7-16(15)19(24)26/h4-7H,8-13H2,1-3H3. The number of piperidine rings is 1. The highest BCUT2D eigenvalue weighted by atomic mass is 19.1.